The van der Waals surface area contributed by atoms with Crippen LogP contribution in [0.4, 0.5) is 5.69 Å². The summed E-state index contributed by atoms with van der Waals surface area (Å²) >= 11 is 0. The van der Waals surface area contributed by atoms with Crippen molar-refractivity contribution in [3.8, 4) is 0 Å². The number of aryl methyl sites for hydroxylation is 1. The molecule has 0 radical (unpaired) electrons. The number of rotatable bonds is 1. The van der Waals surface area contributed by atoms with Crippen molar-refractivity contribution in [3.63, 3.8) is 0 Å². The number of benzene rings is 1. The highest BCUT2D eigenvalue weighted by molar-refractivity contribution is 6.02. The summed E-state index contributed by atoms with van der Waals surface area (Å²) in [7, 11) is 6.55. The zero-order chi connectivity index (χ0) is 11.8. The van der Waals surface area contributed by atoms with E-state index in [9.17, 15) is 0 Å². The third-order valence-electron chi connectivity index (χ3n) is 3.19. The molecule has 3 heteroatoms. The van der Waals surface area contributed by atoms with Crippen LogP contribution in [-0.2, 0) is 6.42 Å². The monoisotopic (exact) mass is 218 g/mol. The molecule has 0 aromatic heterocycles. The standard InChI is InChI=1S/C13H20N3/c1-16(2,3)11-7-8-12-10(9-11)5-4-6-13(12)15-14/h7-9H,4-6,14H2,1-3H3/q+1/b15-13+. The normalized spacial score (nSPS) is 18.6. The number of quaternary nitrogens is 1. The van der Waals surface area contributed by atoms with Crippen LogP contribution in [0.2, 0.25) is 0 Å². The molecule has 86 valence electrons. The van der Waals surface area contributed by atoms with E-state index < -0.39 is 0 Å². The Balaban J connectivity index is 2.47. The Hall–Kier alpha value is -1.35. The van der Waals surface area contributed by atoms with Gasteiger partial charge in [0, 0.05) is 11.6 Å². The fourth-order valence-corrected chi connectivity index (χ4v) is 2.20. The minimum atomic E-state index is 0.850. The van der Waals surface area contributed by atoms with Crippen LogP contribution in [0.15, 0.2) is 23.3 Å². The molecule has 1 aromatic carbocycles. The molecule has 16 heavy (non-hydrogen) atoms. The number of hydrogen-bond acceptors (Lipinski definition) is 2. The van der Waals surface area contributed by atoms with E-state index >= 15 is 0 Å². The summed E-state index contributed by atoms with van der Waals surface area (Å²) in [5, 5.41) is 3.89. The molecule has 0 heterocycles. The molecule has 2 N–H and O–H groups in total. The number of hydrogen-bond donors (Lipinski definition) is 1. The molecule has 3 nitrogen and oxygen atoms in total. The SMILES string of the molecule is C[N+](C)(C)c1ccc2c(c1)CCC/C2=N\N. The van der Waals surface area contributed by atoms with E-state index in [2.05, 4.69) is 44.4 Å². The van der Waals surface area contributed by atoms with E-state index in [0.717, 1.165) is 29.5 Å². The fraction of sp³-hybridized carbons (Fsp3) is 0.462. The lowest BCUT2D eigenvalue weighted by molar-refractivity contribution is 0.486. The summed E-state index contributed by atoms with van der Waals surface area (Å²) in [5.74, 6) is 5.43. The molecule has 0 fully saturated rings. The Labute approximate surface area is 97.2 Å². The molecule has 0 amide bonds. The van der Waals surface area contributed by atoms with Gasteiger partial charge in [-0.05, 0) is 37.0 Å². The Morgan fingerprint density at radius 1 is 1.19 bits per heavy atom. The van der Waals surface area contributed by atoms with Crippen LogP contribution in [0.1, 0.15) is 24.0 Å². The van der Waals surface area contributed by atoms with Gasteiger partial charge in [0.05, 0.1) is 26.9 Å². The number of nitrogens with two attached hydrogens (primary N) is 1. The van der Waals surface area contributed by atoms with Gasteiger partial charge in [-0.2, -0.15) is 5.10 Å². The zero-order valence-electron chi connectivity index (χ0n) is 10.3. The summed E-state index contributed by atoms with van der Waals surface area (Å²) in [4.78, 5) is 0. The van der Waals surface area contributed by atoms with E-state index in [1.165, 1.54) is 16.8 Å². The summed E-state index contributed by atoms with van der Waals surface area (Å²) in [5.41, 5.74) is 5.01. The van der Waals surface area contributed by atoms with Gasteiger partial charge in [0.15, 0.2) is 0 Å². The van der Waals surface area contributed by atoms with Crippen LogP contribution in [0.3, 0.4) is 0 Å². The Bertz CT molecular complexity index is 427. The van der Waals surface area contributed by atoms with Gasteiger partial charge in [0.1, 0.15) is 5.69 Å². The van der Waals surface area contributed by atoms with Gasteiger partial charge >= 0.3 is 0 Å². The van der Waals surface area contributed by atoms with Gasteiger partial charge in [-0.3, -0.25) is 4.48 Å². The predicted molar refractivity (Wildman–Crippen MR) is 69.7 cm³/mol. The lowest BCUT2D eigenvalue weighted by Gasteiger charge is -2.26. The first-order valence-electron chi connectivity index (χ1n) is 5.74. The molecule has 0 bridgehead atoms. The minimum Gasteiger partial charge on any atom is -0.323 e. The first kappa shape index (κ1) is 11.1. The van der Waals surface area contributed by atoms with Crippen LogP contribution in [0.5, 0.6) is 0 Å². The predicted octanol–water partition coefficient (Wildman–Crippen LogP) is 1.88. The van der Waals surface area contributed by atoms with Crippen molar-refractivity contribution in [2.24, 2.45) is 10.9 Å². The topological polar surface area (TPSA) is 38.4 Å². The van der Waals surface area contributed by atoms with E-state index in [4.69, 9.17) is 5.84 Å². The maximum Gasteiger partial charge on any atom is 0.132 e. The molecule has 0 unspecified atom stereocenters. The highest BCUT2D eigenvalue weighted by atomic mass is 15.3. The van der Waals surface area contributed by atoms with Crippen molar-refractivity contribution in [1.82, 2.24) is 4.48 Å². The van der Waals surface area contributed by atoms with E-state index in [-0.39, 0.29) is 0 Å². The first-order chi connectivity index (χ1) is 7.52. The van der Waals surface area contributed by atoms with Crippen LogP contribution in [0, 0.1) is 0 Å². The molecule has 0 spiro atoms. The first-order valence-corrected chi connectivity index (χ1v) is 5.74. The maximum atomic E-state index is 5.43. The fourth-order valence-electron chi connectivity index (χ4n) is 2.20. The molecule has 1 aromatic rings. The molecule has 1 aliphatic rings. The molecular formula is C13H20N3+. The van der Waals surface area contributed by atoms with E-state index in [0.29, 0.717) is 0 Å². The molecule has 2 rings (SSSR count). The quantitative estimate of drug-likeness (QED) is 0.436. The minimum absolute atomic E-state index is 0.850. The third-order valence-corrected chi connectivity index (χ3v) is 3.19. The highest BCUT2D eigenvalue weighted by Crippen LogP contribution is 2.27. The van der Waals surface area contributed by atoms with Crippen molar-refractivity contribution in [1.29, 1.82) is 0 Å². The van der Waals surface area contributed by atoms with Crippen molar-refractivity contribution in [2.75, 3.05) is 21.1 Å². The van der Waals surface area contributed by atoms with Crippen molar-refractivity contribution < 1.29 is 0 Å². The number of hydrazone groups is 1. The van der Waals surface area contributed by atoms with Crippen molar-refractivity contribution >= 4 is 11.4 Å². The van der Waals surface area contributed by atoms with Gasteiger partial charge in [0.2, 0.25) is 0 Å². The average molecular weight is 218 g/mol. The maximum absolute atomic E-state index is 5.43. The summed E-state index contributed by atoms with van der Waals surface area (Å²) in [6.45, 7) is 0. The van der Waals surface area contributed by atoms with E-state index in [1.807, 2.05) is 0 Å². The van der Waals surface area contributed by atoms with Gasteiger partial charge < -0.3 is 5.84 Å². The van der Waals surface area contributed by atoms with E-state index in [1.54, 1.807) is 0 Å². The van der Waals surface area contributed by atoms with Crippen LogP contribution >= 0.6 is 0 Å². The second kappa shape index (κ2) is 3.91. The van der Waals surface area contributed by atoms with Crippen molar-refractivity contribution in [2.45, 2.75) is 19.3 Å². The molecule has 0 aliphatic heterocycles. The zero-order valence-corrected chi connectivity index (χ0v) is 10.3. The summed E-state index contributed by atoms with van der Waals surface area (Å²) < 4.78 is 0.850. The number of nitrogens with zero attached hydrogens (tertiary/aromatic N) is 2. The summed E-state index contributed by atoms with van der Waals surface area (Å²) in [6.07, 6.45) is 3.30. The lowest BCUT2D eigenvalue weighted by Crippen LogP contribution is -2.35. The lowest BCUT2D eigenvalue weighted by atomic mass is 9.89. The Kier molecular flexibility index (Phi) is 2.72. The van der Waals surface area contributed by atoms with Crippen LogP contribution < -0.4 is 10.3 Å². The molecule has 0 saturated heterocycles. The van der Waals surface area contributed by atoms with Crippen molar-refractivity contribution in [3.05, 3.63) is 29.3 Å². The molecule has 0 atom stereocenters. The van der Waals surface area contributed by atoms with Gasteiger partial charge in [-0.15, -0.1) is 0 Å². The smallest absolute Gasteiger partial charge is 0.132 e. The molecule has 1 aliphatic carbocycles. The third kappa shape index (κ3) is 1.95. The van der Waals surface area contributed by atoms with Gasteiger partial charge in [-0.1, -0.05) is 0 Å². The average Bonchev–Trinajstić information content (AvgIpc) is 2.26. The summed E-state index contributed by atoms with van der Waals surface area (Å²) in [6, 6.07) is 6.63. The van der Waals surface area contributed by atoms with Gasteiger partial charge in [0.25, 0.3) is 0 Å². The Morgan fingerprint density at radius 2 is 1.94 bits per heavy atom. The Morgan fingerprint density at radius 3 is 2.56 bits per heavy atom. The second-order valence-electron chi connectivity index (χ2n) is 5.28. The second-order valence-corrected chi connectivity index (χ2v) is 5.28. The van der Waals surface area contributed by atoms with Crippen LogP contribution in [0.25, 0.3) is 0 Å². The van der Waals surface area contributed by atoms with Crippen LogP contribution in [-0.4, -0.2) is 26.9 Å². The molecular weight excluding hydrogens is 198 g/mol. The molecule has 0 saturated carbocycles. The number of fused-ring (bicyclic) bond motifs is 1. The van der Waals surface area contributed by atoms with Gasteiger partial charge in [-0.25, -0.2) is 0 Å². The highest BCUT2D eigenvalue weighted by Gasteiger charge is 2.19. The largest absolute Gasteiger partial charge is 0.323 e.